The molecule has 3 rings (SSSR count). The van der Waals surface area contributed by atoms with Crippen molar-refractivity contribution >= 4 is 21.6 Å². The van der Waals surface area contributed by atoms with E-state index < -0.39 is 10.0 Å². The monoisotopic (exact) mass is 389 g/mol. The fraction of sp³-hybridized carbons (Fsp3) is 0.368. The number of benzene rings is 1. The van der Waals surface area contributed by atoms with Crippen molar-refractivity contribution in [1.29, 1.82) is 0 Å². The Morgan fingerprint density at radius 1 is 1.11 bits per heavy atom. The van der Waals surface area contributed by atoms with Gasteiger partial charge in [-0.3, -0.25) is 9.59 Å². The number of amides is 1. The third kappa shape index (κ3) is 5.05. The maximum Gasteiger partial charge on any atom is 0.250 e. The number of hydrogen-bond donors (Lipinski definition) is 1. The summed E-state index contributed by atoms with van der Waals surface area (Å²) in [5.41, 5.74) is 1.59. The zero-order valence-corrected chi connectivity index (χ0v) is 16.0. The highest BCUT2D eigenvalue weighted by Gasteiger charge is 2.28. The fourth-order valence-corrected chi connectivity index (χ4v) is 4.05. The van der Waals surface area contributed by atoms with Crippen molar-refractivity contribution in [2.45, 2.75) is 19.4 Å². The van der Waals surface area contributed by atoms with Crippen LogP contribution in [0.25, 0.3) is 0 Å². The van der Waals surface area contributed by atoms with Gasteiger partial charge in [-0.1, -0.05) is 18.2 Å². The number of pyridine rings is 1. The molecule has 1 saturated heterocycles. The van der Waals surface area contributed by atoms with E-state index in [9.17, 15) is 18.0 Å². The highest BCUT2D eigenvalue weighted by Crippen LogP contribution is 2.21. The van der Waals surface area contributed by atoms with Gasteiger partial charge in [-0.05, 0) is 36.6 Å². The zero-order chi connectivity index (χ0) is 19.4. The minimum atomic E-state index is -3.19. The molecule has 1 aromatic carbocycles. The molecule has 1 amide bonds. The highest BCUT2D eigenvalue weighted by molar-refractivity contribution is 7.88. The van der Waals surface area contributed by atoms with Gasteiger partial charge in [0, 0.05) is 37.0 Å². The van der Waals surface area contributed by atoms with Crippen molar-refractivity contribution in [3.8, 4) is 0 Å². The summed E-state index contributed by atoms with van der Waals surface area (Å²) in [6.07, 6.45) is 3.97. The first-order valence-electron chi connectivity index (χ1n) is 8.83. The van der Waals surface area contributed by atoms with Gasteiger partial charge >= 0.3 is 0 Å². The Labute approximate surface area is 158 Å². The van der Waals surface area contributed by atoms with Crippen molar-refractivity contribution in [3.63, 3.8) is 0 Å². The van der Waals surface area contributed by atoms with E-state index in [0.717, 1.165) is 5.56 Å². The number of carbonyl (C=O) groups is 1. The molecule has 0 saturated carbocycles. The molecule has 7 nitrogen and oxygen atoms in total. The van der Waals surface area contributed by atoms with Gasteiger partial charge in [-0.2, -0.15) is 0 Å². The third-order valence-corrected chi connectivity index (χ3v) is 6.07. The summed E-state index contributed by atoms with van der Waals surface area (Å²) in [5, 5.41) is 2.89. The molecule has 0 unspecified atom stereocenters. The Bertz CT molecular complexity index is 959. The second-order valence-electron chi connectivity index (χ2n) is 6.79. The number of rotatable bonds is 5. The van der Waals surface area contributed by atoms with Crippen LogP contribution in [0.4, 0.5) is 5.69 Å². The van der Waals surface area contributed by atoms with Crippen LogP contribution in [-0.2, 0) is 21.4 Å². The predicted octanol–water partition coefficient (Wildman–Crippen LogP) is 1.51. The molecule has 1 N–H and O–H groups in total. The van der Waals surface area contributed by atoms with E-state index in [0.29, 0.717) is 38.2 Å². The van der Waals surface area contributed by atoms with Crippen molar-refractivity contribution < 1.29 is 13.2 Å². The lowest BCUT2D eigenvalue weighted by Gasteiger charge is -2.29. The van der Waals surface area contributed by atoms with Crippen molar-refractivity contribution in [3.05, 3.63) is 64.6 Å². The number of carbonyl (C=O) groups excluding carboxylic acids is 1. The fourth-order valence-electron chi connectivity index (χ4n) is 3.18. The standard InChI is InChI=1S/C19H23N3O4S/c1-27(25,26)22-12-9-16(10-13-22)19(24)20-17-7-5-15(6-8-17)14-21-11-3-2-4-18(21)23/h2-8,11,16H,9-10,12-14H2,1H3,(H,20,24). The SMILES string of the molecule is CS(=O)(=O)N1CCC(C(=O)Nc2ccc(Cn3ccccc3=O)cc2)CC1. The molecule has 1 aliphatic heterocycles. The number of nitrogens with zero attached hydrogens (tertiary/aromatic N) is 2. The smallest absolute Gasteiger partial charge is 0.250 e. The maximum absolute atomic E-state index is 12.4. The lowest BCUT2D eigenvalue weighted by Crippen LogP contribution is -2.40. The summed E-state index contributed by atoms with van der Waals surface area (Å²) in [4.78, 5) is 24.2. The van der Waals surface area contributed by atoms with E-state index in [2.05, 4.69) is 5.32 Å². The van der Waals surface area contributed by atoms with Crippen LogP contribution in [0.3, 0.4) is 0 Å². The summed E-state index contributed by atoms with van der Waals surface area (Å²) in [7, 11) is -3.19. The molecule has 2 heterocycles. The summed E-state index contributed by atoms with van der Waals surface area (Å²) in [5.74, 6) is -0.277. The molecule has 0 bridgehead atoms. The Balaban J connectivity index is 1.56. The van der Waals surface area contributed by atoms with Gasteiger partial charge < -0.3 is 9.88 Å². The van der Waals surface area contributed by atoms with Gasteiger partial charge in [0.2, 0.25) is 15.9 Å². The largest absolute Gasteiger partial charge is 0.326 e. The van der Waals surface area contributed by atoms with Crippen LogP contribution in [0.15, 0.2) is 53.5 Å². The zero-order valence-electron chi connectivity index (χ0n) is 15.2. The first-order valence-corrected chi connectivity index (χ1v) is 10.7. The van der Waals surface area contributed by atoms with Gasteiger partial charge in [0.25, 0.3) is 5.56 Å². The molecular weight excluding hydrogens is 366 g/mol. The molecule has 0 spiro atoms. The molecule has 2 aromatic rings. The quantitative estimate of drug-likeness (QED) is 0.839. The number of sulfonamides is 1. The van der Waals surface area contributed by atoms with Crippen LogP contribution in [0.1, 0.15) is 18.4 Å². The van der Waals surface area contributed by atoms with Gasteiger partial charge in [0.1, 0.15) is 0 Å². The predicted molar refractivity (Wildman–Crippen MR) is 104 cm³/mol. The molecular formula is C19H23N3O4S. The van der Waals surface area contributed by atoms with Crippen LogP contribution < -0.4 is 10.9 Å². The van der Waals surface area contributed by atoms with E-state index in [1.807, 2.05) is 30.3 Å². The number of nitrogens with one attached hydrogen (secondary N) is 1. The topological polar surface area (TPSA) is 88.5 Å². The van der Waals surface area contributed by atoms with Crippen molar-refractivity contribution in [2.24, 2.45) is 5.92 Å². The van der Waals surface area contributed by atoms with E-state index in [-0.39, 0.29) is 17.4 Å². The molecule has 8 heteroatoms. The molecule has 0 atom stereocenters. The number of piperidine rings is 1. The normalized spacial score (nSPS) is 16.2. The second kappa shape index (κ2) is 8.06. The second-order valence-corrected chi connectivity index (χ2v) is 8.77. The van der Waals surface area contributed by atoms with Crippen LogP contribution in [0, 0.1) is 5.92 Å². The number of anilines is 1. The van der Waals surface area contributed by atoms with E-state index in [1.165, 1.54) is 16.6 Å². The summed E-state index contributed by atoms with van der Waals surface area (Å²) in [6, 6.07) is 12.4. The van der Waals surface area contributed by atoms with Crippen LogP contribution in [0.5, 0.6) is 0 Å². The van der Waals surface area contributed by atoms with Gasteiger partial charge in [0.05, 0.1) is 12.8 Å². The molecule has 0 aliphatic carbocycles. The Morgan fingerprint density at radius 2 is 1.78 bits per heavy atom. The van der Waals surface area contributed by atoms with Crippen molar-refractivity contribution in [2.75, 3.05) is 24.7 Å². The average Bonchev–Trinajstić information content (AvgIpc) is 2.64. The van der Waals surface area contributed by atoms with E-state index in [4.69, 9.17) is 0 Å². The first-order chi connectivity index (χ1) is 12.8. The molecule has 0 radical (unpaired) electrons. The lowest BCUT2D eigenvalue weighted by atomic mass is 9.97. The third-order valence-electron chi connectivity index (χ3n) is 4.77. The molecule has 1 aliphatic rings. The lowest BCUT2D eigenvalue weighted by molar-refractivity contribution is -0.120. The molecule has 1 fully saturated rings. The summed E-state index contributed by atoms with van der Waals surface area (Å²) < 4.78 is 26.1. The van der Waals surface area contributed by atoms with E-state index in [1.54, 1.807) is 16.8 Å². The van der Waals surface area contributed by atoms with Gasteiger partial charge in [-0.15, -0.1) is 0 Å². The van der Waals surface area contributed by atoms with Crippen molar-refractivity contribution in [1.82, 2.24) is 8.87 Å². The first kappa shape index (κ1) is 19.3. The summed E-state index contributed by atoms with van der Waals surface area (Å²) in [6.45, 7) is 1.22. The Kier molecular flexibility index (Phi) is 5.76. The van der Waals surface area contributed by atoms with Crippen LogP contribution in [-0.4, -0.2) is 42.5 Å². The number of hydrogen-bond acceptors (Lipinski definition) is 4. The Hall–Kier alpha value is -2.45. The Morgan fingerprint density at radius 3 is 2.37 bits per heavy atom. The van der Waals surface area contributed by atoms with E-state index >= 15 is 0 Å². The molecule has 144 valence electrons. The van der Waals surface area contributed by atoms with Crippen LogP contribution in [0.2, 0.25) is 0 Å². The van der Waals surface area contributed by atoms with Gasteiger partial charge in [0.15, 0.2) is 0 Å². The minimum absolute atomic E-state index is 0.0599. The maximum atomic E-state index is 12.4. The van der Waals surface area contributed by atoms with Crippen LogP contribution >= 0.6 is 0 Å². The minimum Gasteiger partial charge on any atom is -0.326 e. The average molecular weight is 389 g/mol. The molecule has 27 heavy (non-hydrogen) atoms. The number of aromatic nitrogens is 1. The summed E-state index contributed by atoms with van der Waals surface area (Å²) >= 11 is 0. The molecule has 1 aromatic heterocycles. The van der Waals surface area contributed by atoms with Gasteiger partial charge in [-0.25, -0.2) is 12.7 Å². The highest BCUT2D eigenvalue weighted by atomic mass is 32.2.